The van der Waals surface area contributed by atoms with Gasteiger partial charge < -0.3 is 20.4 Å². The van der Waals surface area contributed by atoms with Gasteiger partial charge in [0.2, 0.25) is 0 Å². The summed E-state index contributed by atoms with van der Waals surface area (Å²) >= 11 is 4.53. The highest BCUT2D eigenvalue weighted by Gasteiger charge is 2.74. The number of rotatable bonds is 3. The molecule has 3 saturated carbocycles. The van der Waals surface area contributed by atoms with Crippen LogP contribution in [0.3, 0.4) is 0 Å². The molecule has 7 heteroatoms. The Balaban J connectivity index is 2.25. The Morgan fingerprint density at radius 1 is 1.12 bits per heavy atom. The number of fused-ring (bicyclic) bond motifs is 3. The molecular weight excluding hydrogens is 344 g/mol. The molecule has 0 aliphatic heterocycles. The summed E-state index contributed by atoms with van der Waals surface area (Å²) in [4.78, 5) is 24.5. The van der Waals surface area contributed by atoms with E-state index in [1.54, 1.807) is 6.92 Å². The van der Waals surface area contributed by atoms with Gasteiger partial charge in [-0.1, -0.05) is 6.92 Å². The quantitative estimate of drug-likeness (QED) is 0.481. The standard InChI is InChI=1S/C18H28O6S/c1-16-4-3-9(19)5-11(16)18(8-25)7-10(20)6-17(2,15(23)24)13(18)12(16)14(21)22/h9-13,19-20,25H,3-8H2,1-2H3,(H,21,22)(H,23,24)/t9-,10+,11+,12+,13+,16+,17+,18+/m0/s1. The molecule has 0 heterocycles. The number of aliphatic hydroxyl groups excluding tert-OH is 2. The maximum atomic E-state index is 12.3. The molecule has 0 unspecified atom stereocenters. The largest absolute Gasteiger partial charge is 0.481 e. The van der Waals surface area contributed by atoms with Crippen molar-refractivity contribution in [3.63, 3.8) is 0 Å². The number of carboxylic acids is 2. The molecule has 0 amide bonds. The fraction of sp³-hybridized carbons (Fsp3) is 0.889. The van der Waals surface area contributed by atoms with Crippen LogP contribution in [0.15, 0.2) is 0 Å². The molecule has 0 aromatic heterocycles. The normalized spacial score (nSPS) is 52.3. The van der Waals surface area contributed by atoms with E-state index in [1.807, 2.05) is 6.92 Å². The van der Waals surface area contributed by atoms with Crippen molar-refractivity contribution in [2.45, 2.75) is 58.2 Å². The minimum absolute atomic E-state index is 0.0532. The third kappa shape index (κ3) is 2.38. The predicted octanol–water partition coefficient (Wildman–Crippen LogP) is 1.65. The first-order valence-corrected chi connectivity index (χ1v) is 9.59. The van der Waals surface area contributed by atoms with Crippen LogP contribution in [0.2, 0.25) is 0 Å². The zero-order valence-electron chi connectivity index (χ0n) is 14.7. The van der Waals surface area contributed by atoms with Gasteiger partial charge in [-0.25, -0.2) is 0 Å². The lowest BCUT2D eigenvalue weighted by atomic mass is 9.52. The average Bonchev–Trinajstić information content (AvgIpc) is 2.74. The fourth-order valence-electron chi connectivity index (χ4n) is 6.82. The second-order valence-corrected chi connectivity index (χ2v) is 9.27. The molecule has 142 valence electrons. The van der Waals surface area contributed by atoms with E-state index in [9.17, 15) is 30.0 Å². The number of aliphatic carboxylic acids is 2. The van der Waals surface area contributed by atoms with Crippen molar-refractivity contribution >= 4 is 24.6 Å². The van der Waals surface area contributed by atoms with Gasteiger partial charge in [-0.2, -0.15) is 12.6 Å². The van der Waals surface area contributed by atoms with E-state index in [4.69, 9.17) is 0 Å². The molecule has 3 aliphatic carbocycles. The maximum Gasteiger partial charge on any atom is 0.309 e. The summed E-state index contributed by atoms with van der Waals surface area (Å²) < 4.78 is 0. The zero-order valence-corrected chi connectivity index (χ0v) is 15.6. The summed E-state index contributed by atoms with van der Waals surface area (Å²) in [6.07, 6.45) is 0.600. The number of hydrogen-bond acceptors (Lipinski definition) is 5. The molecule has 8 atom stereocenters. The number of carbonyl (C=O) groups is 2. The van der Waals surface area contributed by atoms with Gasteiger partial charge in [0, 0.05) is 0 Å². The zero-order chi connectivity index (χ0) is 18.8. The second kappa shape index (κ2) is 5.86. The van der Waals surface area contributed by atoms with Gasteiger partial charge in [0.05, 0.1) is 23.5 Å². The molecule has 0 aromatic rings. The first-order valence-electron chi connectivity index (χ1n) is 8.96. The predicted molar refractivity (Wildman–Crippen MR) is 93.3 cm³/mol. The highest BCUT2D eigenvalue weighted by Crippen LogP contribution is 2.73. The topological polar surface area (TPSA) is 115 Å². The van der Waals surface area contributed by atoms with Gasteiger partial charge in [0.25, 0.3) is 0 Å². The third-order valence-corrected chi connectivity index (χ3v) is 8.28. The number of aliphatic hydroxyl groups is 2. The van der Waals surface area contributed by atoms with Crippen molar-refractivity contribution in [2.75, 3.05) is 5.75 Å². The van der Waals surface area contributed by atoms with Crippen molar-refractivity contribution in [1.29, 1.82) is 0 Å². The Labute approximate surface area is 153 Å². The third-order valence-electron chi connectivity index (χ3n) is 7.69. The fourth-order valence-corrected chi connectivity index (χ4v) is 7.37. The molecule has 0 radical (unpaired) electrons. The van der Waals surface area contributed by atoms with Gasteiger partial charge in [0.15, 0.2) is 0 Å². The van der Waals surface area contributed by atoms with Crippen molar-refractivity contribution in [3.8, 4) is 0 Å². The van der Waals surface area contributed by atoms with Crippen molar-refractivity contribution in [2.24, 2.45) is 34.0 Å². The molecule has 4 N–H and O–H groups in total. The molecule has 25 heavy (non-hydrogen) atoms. The summed E-state index contributed by atoms with van der Waals surface area (Å²) in [6.45, 7) is 3.51. The molecule has 3 rings (SSSR count). The van der Waals surface area contributed by atoms with Crippen LogP contribution < -0.4 is 0 Å². The molecule has 3 aliphatic rings. The van der Waals surface area contributed by atoms with Gasteiger partial charge >= 0.3 is 11.9 Å². The van der Waals surface area contributed by atoms with E-state index in [0.717, 1.165) is 0 Å². The first-order chi connectivity index (χ1) is 11.5. The van der Waals surface area contributed by atoms with Crippen LogP contribution in [0.4, 0.5) is 0 Å². The van der Waals surface area contributed by atoms with Crippen molar-refractivity contribution in [3.05, 3.63) is 0 Å². The minimum atomic E-state index is -1.32. The molecule has 0 saturated heterocycles. The van der Waals surface area contributed by atoms with E-state index >= 15 is 0 Å². The van der Waals surface area contributed by atoms with Crippen LogP contribution in [0, 0.1) is 34.0 Å². The van der Waals surface area contributed by atoms with Crippen LogP contribution in [-0.4, -0.2) is 50.3 Å². The molecule has 0 bridgehead atoms. The lowest BCUT2D eigenvalue weighted by Gasteiger charge is -2.53. The lowest BCUT2D eigenvalue weighted by Crippen LogP contribution is -2.56. The highest BCUT2D eigenvalue weighted by molar-refractivity contribution is 7.80. The summed E-state index contributed by atoms with van der Waals surface area (Å²) in [6, 6.07) is 0. The summed E-state index contributed by atoms with van der Waals surface area (Å²) in [5.41, 5.74) is -2.62. The second-order valence-electron chi connectivity index (χ2n) is 8.96. The average molecular weight is 372 g/mol. The minimum Gasteiger partial charge on any atom is -0.481 e. The van der Waals surface area contributed by atoms with Gasteiger partial charge in [-0.15, -0.1) is 0 Å². The monoisotopic (exact) mass is 372 g/mol. The molecular formula is C18H28O6S. The van der Waals surface area contributed by atoms with Crippen LogP contribution in [-0.2, 0) is 9.59 Å². The molecule has 0 aromatic carbocycles. The van der Waals surface area contributed by atoms with E-state index in [2.05, 4.69) is 12.6 Å². The van der Waals surface area contributed by atoms with E-state index < -0.39 is 52.2 Å². The number of carboxylic acid groups (broad SMARTS) is 2. The highest BCUT2D eigenvalue weighted by atomic mass is 32.1. The van der Waals surface area contributed by atoms with Gasteiger partial charge in [-0.3, -0.25) is 9.59 Å². The smallest absolute Gasteiger partial charge is 0.309 e. The summed E-state index contributed by atoms with van der Waals surface area (Å²) in [5.74, 6) is -3.31. The lowest BCUT2D eigenvalue weighted by molar-refractivity contribution is -0.172. The van der Waals surface area contributed by atoms with Crippen LogP contribution in [0.5, 0.6) is 0 Å². The maximum absolute atomic E-state index is 12.3. The Morgan fingerprint density at radius 2 is 1.76 bits per heavy atom. The van der Waals surface area contributed by atoms with E-state index in [1.165, 1.54) is 0 Å². The van der Waals surface area contributed by atoms with Crippen LogP contribution in [0.25, 0.3) is 0 Å². The summed E-state index contributed by atoms with van der Waals surface area (Å²) in [7, 11) is 0. The van der Waals surface area contributed by atoms with Gasteiger partial charge in [0.1, 0.15) is 0 Å². The Bertz CT molecular complexity index is 596. The van der Waals surface area contributed by atoms with Crippen LogP contribution in [0.1, 0.15) is 46.0 Å². The summed E-state index contributed by atoms with van der Waals surface area (Å²) in [5, 5.41) is 40.8. The number of thiol groups is 1. The van der Waals surface area contributed by atoms with Crippen molar-refractivity contribution in [1.82, 2.24) is 0 Å². The van der Waals surface area contributed by atoms with E-state index in [-0.39, 0.29) is 12.3 Å². The Hall–Kier alpha value is -0.790. The Kier molecular flexibility index (Phi) is 4.45. The van der Waals surface area contributed by atoms with Crippen molar-refractivity contribution < 1.29 is 30.0 Å². The first kappa shape index (κ1) is 19.0. The molecule has 6 nitrogen and oxygen atoms in total. The number of hydrogen-bond donors (Lipinski definition) is 5. The van der Waals surface area contributed by atoms with Crippen LogP contribution >= 0.6 is 12.6 Å². The van der Waals surface area contributed by atoms with E-state index in [0.29, 0.717) is 31.4 Å². The SMILES string of the molecule is C[C@@]12CC[C@H](O)C[C@H]1[C@]1(CS)C[C@H](O)C[C@@](C)(C(=O)O)[C@H]1[C@@H]2C(=O)O. The molecule has 3 fully saturated rings. The Morgan fingerprint density at radius 3 is 2.28 bits per heavy atom. The molecule has 0 spiro atoms. The van der Waals surface area contributed by atoms with Gasteiger partial charge in [-0.05, 0) is 67.4 Å².